The first-order valence-corrected chi connectivity index (χ1v) is 7.15. The summed E-state index contributed by atoms with van der Waals surface area (Å²) in [5, 5.41) is 12.2. The number of amidine groups is 1. The molecule has 1 fully saturated rings. The number of nitrogens with two attached hydrogens (primary N) is 1. The molecule has 0 spiro atoms. The Balaban J connectivity index is 2.49. The predicted octanol–water partition coefficient (Wildman–Crippen LogP) is 2.36. The lowest BCUT2D eigenvalue weighted by Crippen LogP contribution is -2.47. The molecule has 5 nitrogen and oxygen atoms in total. The second-order valence-corrected chi connectivity index (χ2v) is 6.02. The van der Waals surface area contributed by atoms with Crippen molar-refractivity contribution in [2.24, 2.45) is 22.7 Å². The zero-order valence-corrected chi connectivity index (χ0v) is 12.7. The molecule has 2 heterocycles. The number of aryl methyl sites for hydroxylation is 1. The summed E-state index contributed by atoms with van der Waals surface area (Å²) in [4.78, 5) is 6.80. The number of oxime groups is 1. The minimum absolute atomic E-state index is 0.128. The van der Waals surface area contributed by atoms with E-state index in [4.69, 9.17) is 10.9 Å². The van der Waals surface area contributed by atoms with Gasteiger partial charge in [-0.2, -0.15) is 0 Å². The first-order chi connectivity index (χ1) is 9.45. The van der Waals surface area contributed by atoms with E-state index >= 15 is 0 Å². The summed E-state index contributed by atoms with van der Waals surface area (Å²) in [6, 6.07) is 2.28. The highest BCUT2D eigenvalue weighted by Gasteiger charge is 2.31. The third-order valence-corrected chi connectivity index (χ3v) is 4.37. The van der Waals surface area contributed by atoms with Gasteiger partial charge in [-0.05, 0) is 43.7 Å². The van der Waals surface area contributed by atoms with Gasteiger partial charge in [-0.1, -0.05) is 19.0 Å². The van der Waals surface area contributed by atoms with Gasteiger partial charge in [-0.15, -0.1) is 0 Å². The van der Waals surface area contributed by atoms with Gasteiger partial charge in [0.2, 0.25) is 0 Å². The molecule has 0 radical (unpaired) electrons. The van der Waals surface area contributed by atoms with Crippen molar-refractivity contribution in [1.82, 2.24) is 4.98 Å². The zero-order chi connectivity index (χ0) is 14.9. The summed E-state index contributed by atoms with van der Waals surface area (Å²) in [6.07, 6.45) is 3.01. The van der Waals surface area contributed by atoms with Gasteiger partial charge in [0.05, 0.1) is 5.56 Å². The highest BCUT2D eigenvalue weighted by molar-refractivity contribution is 6.02. The molecule has 3 N–H and O–H groups in total. The maximum atomic E-state index is 9.02. The molecule has 2 rings (SSSR count). The van der Waals surface area contributed by atoms with Crippen molar-refractivity contribution < 1.29 is 5.21 Å². The third kappa shape index (κ3) is 2.57. The summed E-state index contributed by atoms with van der Waals surface area (Å²) >= 11 is 0. The molecule has 0 bridgehead atoms. The van der Waals surface area contributed by atoms with Crippen molar-refractivity contribution in [2.45, 2.75) is 40.2 Å². The Labute approximate surface area is 120 Å². The molecular formula is C15H24N4O. The van der Waals surface area contributed by atoms with Crippen LogP contribution in [0.5, 0.6) is 0 Å². The maximum Gasteiger partial charge on any atom is 0.174 e. The van der Waals surface area contributed by atoms with Crippen LogP contribution in [0.3, 0.4) is 0 Å². The topological polar surface area (TPSA) is 74.7 Å². The smallest absolute Gasteiger partial charge is 0.174 e. The SMILES string of the molecule is Cc1ccnc(N2CC(C)CC(C)C2C)c1/C(N)=N/O. The van der Waals surface area contributed by atoms with Gasteiger partial charge in [0.15, 0.2) is 5.84 Å². The van der Waals surface area contributed by atoms with Crippen molar-refractivity contribution >= 4 is 11.7 Å². The molecule has 0 aromatic carbocycles. The van der Waals surface area contributed by atoms with Gasteiger partial charge >= 0.3 is 0 Å². The van der Waals surface area contributed by atoms with E-state index in [2.05, 4.69) is 35.8 Å². The van der Waals surface area contributed by atoms with E-state index in [1.54, 1.807) is 6.20 Å². The van der Waals surface area contributed by atoms with E-state index < -0.39 is 0 Å². The molecule has 1 aromatic rings. The molecular weight excluding hydrogens is 252 g/mol. The van der Waals surface area contributed by atoms with Crippen LogP contribution in [0.4, 0.5) is 5.82 Å². The molecule has 3 atom stereocenters. The fourth-order valence-electron chi connectivity index (χ4n) is 3.12. The second kappa shape index (κ2) is 5.69. The number of anilines is 1. The Morgan fingerprint density at radius 3 is 2.80 bits per heavy atom. The average molecular weight is 276 g/mol. The Bertz CT molecular complexity index is 515. The van der Waals surface area contributed by atoms with Crippen molar-refractivity contribution in [2.75, 3.05) is 11.4 Å². The van der Waals surface area contributed by atoms with Crippen LogP contribution in [-0.4, -0.2) is 28.6 Å². The maximum absolute atomic E-state index is 9.02. The molecule has 1 aliphatic heterocycles. The lowest BCUT2D eigenvalue weighted by Gasteiger charge is -2.42. The summed E-state index contributed by atoms with van der Waals surface area (Å²) in [7, 11) is 0. The molecule has 110 valence electrons. The highest BCUT2D eigenvalue weighted by Crippen LogP contribution is 2.32. The summed E-state index contributed by atoms with van der Waals surface area (Å²) in [6.45, 7) is 9.66. The normalized spacial score (nSPS) is 27.7. The number of hydrogen-bond acceptors (Lipinski definition) is 4. The number of piperidine rings is 1. The highest BCUT2D eigenvalue weighted by atomic mass is 16.4. The van der Waals surface area contributed by atoms with Gasteiger partial charge in [-0.25, -0.2) is 4.98 Å². The summed E-state index contributed by atoms with van der Waals surface area (Å²) in [5.41, 5.74) is 7.57. The first-order valence-electron chi connectivity index (χ1n) is 7.15. The van der Waals surface area contributed by atoms with Crippen LogP contribution in [0.1, 0.15) is 38.3 Å². The van der Waals surface area contributed by atoms with Gasteiger partial charge in [0.1, 0.15) is 5.82 Å². The molecule has 1 aliphatic rings. The summed E-state index contributed by atoms with van der Waals surface area (Å²) in [5.74, 6) is 2.17. The van der Waals surface area contributed by atoms with E-state index in [1.165, 1.54) is 6.42 Å². The lowest BCUT2D eigenvalue weighted by atomic mass is 9.85. The van der Waals surface area contributed by atoms with Crippen LogP contribution in [0.2, 0.25) is 0 Å². The molecule has 0 amide bonds. The van der Waals surface area contributed by atoms with Crippen LogP contribution < -0.4 is 10.6 Å². The van der Waals surface area contributed by atoms with Crippen LogP contribution in [0, 0.1) is 18.8 Å². The van der Waals surface area contributed by atoms with Crippen LogP contribution in [0.15, 0.2) is 17.4 Å². The molecule has 0 aliphatic carbocycles. The number of pyridine rings is 1. The number of rotatable bonds is 2. The number of nitrogens with zero attached hydrogens (tertiary/aromatic N) is 3. The standard InChI is InChI=1S/C15H24N4O/c1-9-7-11(3)12(4)19(8-9)15-13(14(16)18-20)10(2)5-6-17-15/h5-6,9,11-12,20H,7-8H2,1-4H3,(H2,16,18). The third-order valence-electron chi connectivity index (χ3n) is 4.37. The number of aromatic nitrogens is 1. The van der Waals surface area contributed by atoms with Crippen molar-refractivity contribution in [3.05, 3.63) is 23.4 Å². The predicted molar refractivity (Wildman–Crippen MR) is 81.2 cm³/mol. The van der Waals surface area contributed by atoms with Crippen LogP contribution >= 0.6 is 0 Å². The van der Waals surface area contributed by atoms with E-state index in [-0.39, 0.29) is 5.84 Å². The van der Waals surface area contributed by atoms with Crippen molar-refractivity contribution in [3.8, 4) is 0 Å². The fourth-order valence-corrected chi connectivity index (χ4v) is 3.12. The van der Waals surface area contributed by atoms with Crippen molar-refractivity contribution in [3.63, 3.8) is 0 Å². The Kier molecular flexibility index (Phi) is 4.16. The largest absolute Gasteiger partial charge is 0.409 e. The minimum Gasteiger partial charge on any atom is -0.409 e. The Hall–Kier alpha value is -1.78. The fraction of sp³-hybridized carbons (Fsp3) is 0.600. The second-order valence-electron chi connectivity index (χ2n) is 6.02. The lowest BCUT2D eigenvalue weighted by molar-refractivity contribution is 0.295. The molecule has 5 heteroatoms. The van der Waals surface area contributed by atoms with Gasteiger partial charge in [-0.3, -0.25) is 0 Å². The molecule has 3 unspecified atom stereocenters. The van der Waals surface area contributed by atoms with Crippen molar-refractivity contribution in [1.29, 1.82) is 0 Å². The van der Waals surface area contributed by atoms with Gasteiger partial charge in [0.25, 0.3) is 0 Å². The zero-order valence-electron chi connectivity index (χ0n) is 12.7. The Morgan fingerprint density at radius 2 is 2.15 bits per heavy atom. The Morgan fingerprint density at radius 1 is 1.45 bits per heavy atom. The molecule has 1 aromatic heterocycles. The first kappa shape index (κ1) is 14.6. The molecule has 20 heavy (non-hydrogen) atoms. The van der Waals surface area contributed by atoms with E-state index in [9.17, 15) is 0 Å². The van der Waals surface area contributed by atoms with Gasteiger partial charge < -0.3 is 15.8 Å². The quantitative estimate of drug-likeness (QED) is 0.376. The monoisotopic (exact) mass is 276 g/mol. The number of hydrogen-bond donors (Lipinski definition) is 2. The minimum atomic E-state index is 0.128. The van der Waals surface area contributed by atoms with E-state index in [0.717, 1.165) is 23.5 Å². The van der Waals surface area contributed by atoms with Crippen LogP contribution in [-0.2, 0) is 0 Å². The van der Waals surface area contributed by atoms with Crippen LogP contribution in [0.25, 0.3) is 0 Å². The molecule has 0 saturated carbocycles. The molecule has 1 saturated heterocycles. The summed E-state index contributed by atoms with van der Waals surface area (Å²) < 4.78 is 0. The van der Waals surface area contributed by atoms with E-state index in [1.807, 2.05) is 13.0 Å². The van der Waals surface area contributed by atoms with Gasteiger partial charge in [0, 0.05) is 18.8 Å². The average Bonchev–Trinajstić information content (AvgIpc) is 2.41. The van der Waals surface area contributed by atoms with E-state index in [0.29, 0.717) is 17.9 Å².